The summed E-state index contributed by atoms with van der Waals surface area (Å²) in [5.41, 5.74) is 1.77. The normalized spacial score (nSPS) is 11.7. The average Bonchev–Trinajstić information content (AvgIpc) is 2.66. The van der Waals surface area contributed by atoms with Crippen molar-refractivity contribution in [3.63, 3.8) is 0 Å². The Hall–Kier alpha value is -2.95. The number of aryl methyl sites for hydroxylation is 3. The molecule has 0 N–H and O–H groups in total. The molecule has 31 heavy (non-hydrogen) atoms. The Labute approximate surface area is 184 Å². The predicted octanol–water partition coefficient (Wildman–Crippen LogP) is 5.53. The minimum atomic E-state index is -0.893. The van der Waals surface area contributed by atoms with Gasteiger partial charge in [-0.2, -0.15) is 0 Å². The summed E-state index contributed by atoms with van der Waals surface area (Å²) < 4.78 is 11.2. The highest BCUT2D eigenvalue weighted by molar-refractivity contribution is 6.41. The SMILES string of the molecule is Cc1cc(C)c(C(=O)C(=O)OC(C)(C)CCC(C)(C)OC(=O)c2ccccc2)c(C)c1. The van der Waals surface area contributed by atoms with E-state index in [4.69, 9.17) is 9.47 Å². The molecule has 2 aromatic carbocycles. The molecule has 0 fully saturated rings. The van der Waals surface area contributed by atoms with Crippen molar-refractivity contribution in [2.45, 2.75) is 72.5 Å². The summed E-state index contributed by atoms with van der Waals surface area (Å²) in [5.74, 6) is -1.92. The molecule has 0 aromatic heterocycles. The van der Waals surface area contributed by atoms with Gasteiger partial charge in [-0.15, -0.1) is 0 Å². The smallest absolute Gasteiger partial charge is 0.380 e. The molecule has 5 nitrogen and oxygen atoms in total. The Bertz CT molecular complexity index is 948. The van der Waals surface area contributed by atoms with Crippen LogP contribution in [0.1, 0.15) is 77.9 Å². The molecule has 2 aromatic rings. The molecule has 0 spiro atoms. The van der Waals surface area contributed by atoms with Gasteiger partial charge >= 0.3 is 11.9 Å². The van der Waals surface area contributed by atoms with E-state index in [1.807, 2.05) is 52.8 Å². The van der Waals surface area contributed by atoms with Crippen LogP contribution in [-0.2, 0) is 14.3 Å². The van der Waals surface area contributed by atoms with Gasteiger partial charge in [0.25, 0.3) is 5.78 Å². The van der Waals surface area contributed by atoms with Gasteiger partial charge in [-0.05, 0) is 84.6 Å². The molecule has 0 bridgehead atoms. The lowest BCUT2D eigenvalue weighted by atomic mass is 9.93. The third kappa shape index (κ3) is 6.78. The number of rotatable bonds is 8. The molecule has 0 atom stereocenters. The highest BCUT2D eigenvalue weighted by atomic mass is 16.6. The van der Waals surface area contributed by atoms with E-state index in [2.05, 4.69) is 0 Å². The van der Waals surface area contributed by atoms with Crippen LogP contribution >= 0.6 is 0 Å². The third-order valence-electron chi connectivity index (χ3n) is 5.17. The summed E-state index contributed by atoms with van der Waals surface area (Å²) in [5, 5.41) is 0. The van der Waals surface area contributed by atoms with Crippen LogP contribution in [0.25, 0.3) is 0 Å². The molecule has 2 rings (SSSR count). The molecular formula is C26H32O5. The molecule has 166 valence electrons. The van der Waals surface area contributed by atoms with Gasteiger partial charge in [0.2, 0.25) is 0 Å². The Morgan fingerprint density at radius 2 is 1.26 bits per heavy atom. The van der Waals surface area contributed by atoms with E-state index >= 15 is 0 Å². The fourth-order valence-electron chi connectivity index (χ4n) is 3.53. The van der Waals surface area contributed by atoms with Gasteiger partial charge in [0.15, 0.2) is 0 Å². The largest absolute Gasteiger partial charge is 0.456 e. The zero-order valence-corrected chi connectivity index (χ0v) is 19.5. The summed E-state index contributed by atoms with van der Waals surface area (Å²) in [4.78, 5) is 37.7. The molecular weight excluding hydrogens is 392 g/mol. The van der Waals surface area contributed by atoms with Crippen molar-refractivity contribution in [2.24, 2.45) is 0 Å². The van der Waals surface area contributed by atoms with Crippen LogP contribution in [0.3, 0.4) is 0 Å². The molecule has 0 amide bonds. The summed E-state index contributed by atoms with van der Waals surface area (Å²) >= 11 is 0. The maximum atomic E-state index is 12.7. The topological polar surface area (TPSA) is 69.7 Å². The minimum absolute atomic E-state index is 0.392. The number of hydrogen-bond acceptors (Lipinski definition) is 5. The lowest BCUT2D eigenvalue weighted by Crippen LogP contribution is -2.36. The number of benzene rings is 2. The number of ketones is 1. The van der Waals surface area contributed by atoms with Gasteiger partial charge in [0.1, 0.15) is 11.2 Å². The van der Waals surface area contributed by atoms with Crippen molar-refractivity contribution in [3.8, 4) is 0 Å². The van der Waals surface area contributed by atoms with Gasteiger partial charge in [-0.25, -0.2) is 9.59 Å². The van der Waals surface area contributed by atoms with Crippen LogP contribution < -0.4 is 0 Å². The number of carbonyl (C=O) groups excluding carboxylic acids is 3. The molecule has 0 radical (unpaired) electrons. The molecule has 0 aliphatic carbocycles. The zero-order chi connectivity index (χ0) is 23.4. The van der Waals surface area contributed by atoms with E-state index in [0.717, 1.165) is 16.7 Å². The van der Waals surface area contributed by atoms with Gasteiger partial charge < -0.3 is 9.47 Å². The summed E-state index contributed by atoms with van der Waals surface area (Å²) in [6, 6.07) is 12.5. The second-order valence-electron chi connectivity index (χ2n) is 9.27. The fraction of sp³-hybridized carbons (Fsp3) is 0.423. The zero-order valence-electron chi connectivity index (χ0n) is 19.5. The van der Waals surface area contributed by atoms with E-state index in [0.29, 0.717) is 24.0 Å². The summed E-state index contributed by atoms with van der Waals surface area (Å²) in [6.45, 7) is 12.7. The van der Waals surface area contributed by atoms with Crippen LogP contribution in [0.4, 0.5) is 0 Å². The first-order chi connectivity index (χ1) is 14.3. The Balaban J connectivity index is 2.00. The Morgan fingerprint density at radius 3 is 1.77 bits per heavy atom. The lowest BCUT2D eigenvalue weighted by Gasteiger charge is -2.31. The van der Waals surface area contributed by atoms with E-state index in [1.54, 1.807) is 38.1 Å². The van der Waals surface area contributed by atoms with Crippen LogP contribution in [0.5, 0.6) is 0 Å². The molecule has 0 heterocycles. The van der Waals surface area contributed by atoms with Crippen molar-refractivity contribution in [1.82, 2.24) is 0 Å². The van der Waals surface area contributed by atoms with Gasteiger partial charge in [-0.1, -0.05) is 35.9 Å². The highest BCUT2D eigenvalue weighted by Crippen LogP contribution is 2.27. The van der Waals surface area contributed by atoms with E-state index < -0.39 is 28.9 Å². The molecule has 0 aliphatic heterocycles. The number of ether oxygens (including phenoxy) is 2. The maximum Gasteiger partial charge on any atom is 0.380 e. The third-order valence-corrected chi connectivity index (χ3v) is 5.17. The van der Waals surface area contributed by atoms with Crippen LogP contribution in [0, 0.1) is 20.8 Å². The summed E-state index contributed by atoms with van der Waals surface area (Å²) in [7, 11) is 0. The lowest BCUT2D eigenvalue weighted by molar-refractivity contribution is -0.152. The second kappa shape index (κ2) is 9.46. The second-order valence-corrected chi connectivity index (χ2v) is 9.27. The average molecular weight is 425 g/mol. The first kappa shape index (κ1) is 24.3. The monoisotopic (exact) mass is 424 g/mol. The van der Waals surface area contributed by atoms with Crippen LogP contribution in [-0.4, -0.2) is 28.9 Å². The van der Waals surface area contributed by atoms with E-state index in [-0.39, 0.29) is 0 Å². The van der Waals surface area contributed by atoms with Crippen molar-refractivity contribution >= 4 is 17.7 Å². The van der Waals surface area contributed by atoms with Gasteiger partial charge in [-0.3, -0.25) is 4.79 Å². The molecule has 0 saturated heterocycles. The number of Topliss-reactive ketones (excluding diaryl/α,β-unsaturated/α-hetero) is 1. The predicted molar refractivity (Wildman–Crippen MR) is 120 cm³/mol. The number of esters is 2. The molecule has 0 saturated carbocycles. The fourth-order valence-corrected chi connectivity index (χ4v) is 3.53. The van der Waals surface area contributed by atoms with Crippen molar-refractivity contribution < 1.29 is 23.9 Å². The Kier molecular flexibility index (Phi) is 7.42. The van der Waals surface area contributed by atoms with Gasteiger partial charge in [0.05, 0.1) is 5.56 Å². The van der Waals surface area contributed by atoms with Crippen molar-refractivity contribution in [2.75, 3.05) is 0 Å². The summed E-state index contributed by atoms with van der Waals surface area (Å²) in [6.07, 6.45) is 0.885. The molecule has 5 heteroatoms. The molecule has 0 unspecified atom stereocenters. The highest BCUT2D eigenvalue weighted by Gasteiger charge is 2.32. The first-order valence-corrected chi connectivity index (χ1v) is 10.5. The van der Waals surface area contributed by atoms with Crippen LogP contribution in [0.2, 0.25) is 0 Å². The van der Waals surface area contributed by atoms with Crippen molar-refractivity contribution in [3.05, 3.63) is 70.3 Å². The van der Waals surface area contributed by atoms with Crippen molar-refractivity contribution in [1.29, 1.82) is 0 Å². The standard InChI is InChI=1S/C26H32O5/c1-17-15-18(2)21(19(3)16-17)22(27)24(29)31-26(6,7)14-13-25(4,5)30-23(28)20-11-9-8-10-12-20/h8-12,15-16H,13-14H2,1-7H3. The molecule has 0 aliphatic rings. The quantitative estimate of drug-likeness (QED) is 0.316. The van der Waals surface area contributed by atoms with E-state index in [1.165, 1.54) is 0 Å². The minimum Gasteiger partial charge on any atom is -0.456 e. The number of hydrogen-bond donors (Lipinski definition) is 0. The van der Waals surface area contributed by atoms with Gasteiger partial charge in [0, 0.05) is 5.56 Å². The van der Waals surface area contributed by atoms with Crippen LogP contribution in [0.15, 0.2) is 42.5 Å². The Morgan fingerprint density at radius 1 is 0.774 bits per heavy atom. The maximum absolute atomic E-state index is 12.7. The number of carbonyl (C=O) groups is 3. The first-order valence-electron chi connectivity index (χ1n) is 10.5. The van der Waals surface area contributed by atoms with E-state index in [9.17, 15) is 14.4 Å².